The van der Waals surface area contributed by atoms with Gasteiger partial charge in [-0.15, -0.1) is 0 Å². The van der Waals surface area contributed by atoms with Gasteiger partial charge in [-0.05, 0) is 49.9 Å². The molecule has 29 heavy (non-hydrogen) atoms. The Kier molecular flexibility index (Phi) is 7.47. The summed E-state index contributed by atoms with van der Waals surface area (Å²) in [6.45, 7) is 6.69. The van der Waals surface area contributed by atoms with Crippen molar-refractivity contribution in [3.05, 3.63) is 65.0 Å². The predicted octanol–water partition coefficient (Wildman–Crippen LogP) is 4.06. The third kappa shape index (κ3) is 5.94. The summed E-state index contributed by atoms with van der Waals surface area (Å²) >= 11 is 0. The molecule has 2 aromatic rings. The SMILES string of the molecule is CCNC(=NCc1ccc(O)c(F)c1)NCC1CCCOC1c1ccc(C)cc1. The number of aryl methyl sites for hydroxylation is 1. The number of ether oxygens (including phenoxy) is 1. The number of phenolic OH excluding ortho intramolecular Hbond substituents is 1. The summed E-state index contributed by atoms with van der Waals surface area (Å²) in [5.74, 6) is 0.0637. The number of nitrogens with one attached hydrogen (secondary N) is 2. The minimum absolute atomic E-state index is 0.0749. The quantitative estimate of drug-likeness (QED) is 0.506. The zero-order valence-corrected chi connectivity index (χ0v) is 17.1. The molecule has 3 N–H and O–H groups in total. The van der Waals surface area contributed by atoms with E-state index in [-0.39, 0.29) is 11.9 Å². The Labute approximate surface area is 172 Å². The van der Waals surface area contributed by atoms with E-state index in [2.05, 4.69) is 46.8 Å². The molecule has 0 bridgehead atoms. The van der Waals surface area contributed by atoms with Crippen LogP contribution in [0.4, 0.5) is 4.39 Å². The average molecular weight is 400 g/mol. The number of phenols is 1. The number of rotatable bonds is 6. The second-order valence-electron chi connectivity index (χ2n) is 7.47. The maximum atomic E-state index is 13.5. The van der Waals surface area contributed by atoms with Crippen LogP contribution < -0.4 is 10.6 Å². The van der Waals surface area contributed by atoms with Crippen LogP contribution in [0.25, 0.3) is 0 Å². The zero-order valence-electron chi connectivity index (χ0n) is 17.1. The summed E-state index contributed by atoms with van der Waals surface area (Å²) in [7, 11) is 0. The lowest BCUT2D eigenvalue weighted by molar-refractivity contribution is -0.0265. The molecule has 0 amide bonds. The van der Waals surface area contributed by atoms with Crippen molar-refractivity contribution in [3.63, 3.8) is 0 Å². The highest BCUT2D eigenvalue weighted by molar-refractivity contribution is 5.79. The van der Waals surface area contributed by atoms with Crippen molar-refractivity contribution in [3.8, 4) is 5.75 Å². The lowest BCUT2D eigenvalue weighted by Crippen LogP contribution is -2.42. The Bertz CT molecular complexity index is 823. The topological polar surface area (TPSA) is 65.9 Å². The van der Waals surface area contributed by atoms with Crippen LogP contribution >= 0.6 is 0 Å². The fourth-order valence-corrected chi connectivity index (χ4v) is 3.57. The van der Waals surface area contributed by atoms with Crippen LogP contribution in [0.15, 0.2) is 47.5 Å². The summed E-state index contributed by atoms with van der Waals surface area (Å²) in [6.07, 6.45) is 2.22. The highest BCUT2D eigenvalue weighted by Crippen LogP contribution is 2.33. The monoisotopic (exact) mass is 399 g/mol. The molecular weight excluding hydrogens is 369 g/mol. The highest BCUT2D eigenvalue weighted by atomic mass is 19.1. The van der Waals surface area contributed by atoms with Gasteiger partial charge < -0.3 is 20.5 Å². The van der Waals surface area contributed by atoms with E-state index in [4.69, 9.17) is 4.74 Å². The van der Waals surface area contributed by atoms with Crippen molar-refractivity contribution in [2.45, 2.75) is 39.3 Å². The Balaban J connectivity index is 1.64. The first-order chi connectivity index (χ1) is 14.1. The van der Waals surface area contributed by atoms with Gasteiger partial charge >= 0.3 is 0 Å². The molecule has 2 atom stereocenters. The first-order valence-electron chi connectivity index (χ1n) is 10.2. The van der Waals surface area contributed by atoms with Crippen molar-refractivity contribution < 1.29 is 14.2 Å². The van der Waals surface area contributed by atoms with Crippen molar-refractivity contribution in [1.82, 2.24) is 10.6 Å². The summed E-state index contributed by atoms with van der Waals surface area (Å²) < 4.78 is 19.6. The van der Waals surface area contributed by atoms with Crippen LogP contribution in [0.2, 0.25) is 0 Å². The molecule has 0 aromatic heterocycles. The van der Waals surface area contributed by atoms with Gasteiger partial charge in [-0.3, -0.25) is 0 Å². The van der Waals surface area contributed by atoms with Crippen molar-refractivity contribution in [2.24, 2.45) is 10.9 Å². The number of aromatic hydroxyl groups is 1. The van der Waals surface area contributed by atoms with Crippen molar-refractivity contribution in [1.29, 1.82) is 0 Å². The molecule has 0 radical (unpaired) electrons. The van der Waals surface area contributed by atoms with Crippen LogP contribution in [0.5, 0.6) is 5.75 Å². The first-order valence-corrected chi connectivity index (χ1v) is 10.2. The van der Waals surface area contributed by atoms with Crippen LogP contribution in [-0.4, -0.2) is 30.8 Å². The standard InChI is InChI=1S/C23H30FN3O2/c1-3-25-23(26-14-17-8-11-21(28)20(24)13-17)27-15-19-5-4-12-29-22(19)18-9-6-16(2)7-10-18/h6-11,13,19,22,28H,3-5,12,14-15H2,1-2H3,(H2,25,26,27). The smallest absolute Gasteiger partial charge is 0.191 e. The zero-order chi connectivity index (χ0) is 20.6. The van der Waals surface area contributed by atoms with Crippen LogP contribution in [0.1, 0.15) is 42.6 Å². The minimum Gasteiger partial charge on any atom is -0.505 e. The van der Waals surface area contributed by atoms with Gasteiger partial charge in [-0.2, -0.15) is 0 Å². The fraction of sp³-hybridized carbons (Fsp3) is 0.435. The summed E-state index contributed by atoms with van der Waals surface area (Å²) in [5.41, 5.74) is 3.16. The number of hydrogen-bond acceptors (Lipinski definition) is 3. The average Bonchev–Trinajstić information content (AvgIpc) is 2.73. The minimum atomic E-state index is -0.629. The van der Waals surface area contributed by atoms with E-state index in [0.717, 1.165) is 32.5 Å². The first kappa shape index (κ1) is 21.1. The molecule has 2 aromatic carbocycles. The van der Waals surface area contributed by atoms with E-state index in [0.29, 0.717) is 24.0 Å². The summed E-state index contributed by atoms with van der Waals surface area (Å²) in [4.78, 5) is 4.55. The van der Waals surface area contributed by atoms with Crippen LogP contribution in [-0.2, 0) is 11.3 Å². The van der Waals surface area contributed by atoms with Gasteiger partial charge in [0.1, 0.15) is 0 Å². The largest absolute Gasteiger partial charge is 0.505 e. The number of aliphatic imine (C=N–C) groups is 1. The Morgan fingerprint density at radius 1 is 1.21 bits per heavy atom. The molecule has 6 heteroatoms. The van der Waals surface area contributed by atoms with Gasteiger partial charge in [0.25, 0.3) is 0 Å². The Morgan fingerprint density at radius 3 is 2.72 bits per heavy atom. The molecule has 1 aliphatic rings. The number of guanidine groups is 1. The fourth-order valence-electron chi connectivity index (χ4n) is 3.57. The highest BCUT2D eigenvalue weighted by Gasteiger charge is 2.27. The summed E-state index contributed by atoms with van der Waals surface area (Å²) in [5, 5.41) is 16.0. The second kappa shape index (κ2) is 10.3. The molecular formula is C23H30FN3O2. The molecule has 0 spiro atoms. The van der Waals surface area contributed by atoms with Crippen LogP contribution in [0, 0.1) is 18.7 Å². The van der Waals surface area contributed by atoms with E-state index >= 15 is 0 Å². The molecule has 1 fully saturated rings. The van der Waals surface area contributed by atoms with Gasteiger partial charge in [0.05, 0.1) is 12.6 Å². The molecule has 156 valence electrons. The molecule has 1 heterocycles. The van der Waals surface area contributed by atoms with Gasteiger partial charge in [0, 0.05) is 25.6 Å². The second-order valence-corrected chi connectivity index (χ2v) is 7.47. The van der Waals surface area contributed by atoms with Gasteiger partial charge in [-0.25, -0.2) is 9.38 Å². The number of halogens is 1. The van der Waals surface area contributed by atoms with Gasteiger partial charge in [-0.1, -0.05) is 35.9 Å². The maximum absolute atomic E-state index is 13.5. The summed E-state index contributed by atoms with van der Waals surface area (Å²) in [6, 6.07) is 12.9. The molecule has 0 aliphatic carbocycles. The lowest BCUT2D eigenvalue weighted by atomic mass is 9.89. The van der Waals surface area contributed by atoms with E-state index in [1.165, 1.54) is 23.3 Å². The molecule has 3 rings (SSSR count). The van der Waals surface area contributed by atoms with Crippen LogP contribution in [0.3, 0.4) is 0 Å². The molecule has 1 aliphatic heterocycles. The predicted molar refractivity (Wildman–Crippen MR) is 113 cm³/mol. The number of benzene rings is 2. The van der Waals surface area contributed by atoms with E-state index in [9.17, 15) is 9.50 Å². The third-order valence-corrected chi connectivity index (χ3v) is 5.16. The molecule has 2 unspecified atom stereocenters. The number of hydrogen-bond donors (Lipinski definition) is 3. The normalized spacial score (nSPS) is 19.8. The number of nitrogens with zero attached hydrogens (tertiary/aromatic N) is 1. The van der Waals surface area contributed by atoms with Gasteiger partial charge in [0.2, 0.25) is 0 Å². The molecule has 5 nitrogen and oxygen atoms in total. The third-order valence-electron chi connectivity index (χ3n) is 5.16. The van der Waals surface area contributed by atoms with E-state index in [1.54, 1.807) is 6.07 Å². The van der Waals surface area contributed by atoms with E-state index in [1.807, 2.05) is 6.92 Å². The van der Waals surface area contributed by atoms with Gasteiger partial charge in [0.15, 0.2) is 17.5 Å². The Hall–Kier alpha value is -2.60. The van der Waals surface area contributed by atoms with E-state index < -0.39 is 5.82 Å². The van der Waals surface area contributed by atoms with Crippen molar-refractivity contribution >= 4 is 5.96 Å². The lowest BCUT2D eigenvalue weighted by Gasteiger charge is -2.32. The molecule has 1 saturated heterocycles. The van der Waals surface area contributed by atoms with Crippen molar-refractivity contribution in [2.75, 3.05) is 19.7 Å². The Morgan fingerprint density at radius 2 is 2.00 bits per heavy atom. The maximum Gasteiger partial charge on any atom is 0.191 e. The molecule has 0 saturated carbocycles.